The van der Waals surface area contributed by atoms with Crippen LogP contribution in [-0.2, 0) is 7.05 Å². The van der Waals surface area contributed by atoms with E-state index >= 15 is 0 Å². The Bertz CT molecular complexity index is 960. The molecule has 4 rings (SSSR count). The summed E-state index contributed by atoms with van der Waals surface area (Å²) < 4.78 is 1.76. The summed E-state index contributed by atoms with van der Waals surface area (Å²) in [4.78, 5) is 23.3. The fraction of sp³-hybridized carbons (Fsp3) is 0.368. The molecule has 0 radical (unpaired) electrons. The van der Waals surface area contributed by atoms with Crippen molar-refractivity contribution in [2.45, 2.75) is 18.9 Å². The number of carbonyl (C=O) groups excluding carboxylic acids is 1. The van der Waals surface area contributed by atoms with E-state index in [0.717, 1.165) is 48.0 Å². The number of rotatable bonds is 3. The molecule has 8 nitrogen and oxygen atoms in total. The first-order valence-corrected chi connectivity index (χ1v) is 9.09. The van der Waals surface area contributed by atoms with Gasteiger partial charge >= 0.3 is 6.03 Å². The number of urea groups is 1. The predicted molar refractivity (Wildman–Crippen MR) is 104 cm³/mol. The van der Waals surface area contributed by atoms with Gasteiger partial charge in [0.15, 0.2) is 0 Å². The Kier molecular flexibility index (Phi) is 4.72. The minimum atomic E-state index is -0.257. The van der Waals surface area contributed by atoms with E-state index in [0.29, 0.717) is 5.95 Å². The van der Waals surface area contributed by atoms with Gasteiger partial charge in [0.2, 0.25) is 5.95 Å². The zero-order chi connectivity index (χ0) is 18.8. The molecule has 0 unspecified atom stereocenters. The molecule has 0 bridgehead atoms. The van der Waals surface area contributed by atoms with Crippen molar-refractivity contribution in [1.82, 2.24) is 30.0 Å². The third kappa shape index (κ3) is 4.06. The van der Waals surface area contributed by atoms with E-state index in [4.69, 9.17) is 0 Å². The number of likely N-dealkylation sites (tertiary alicyclic amines) is 1. The van der Waals surface area contributed by atoms with Crippen LogP contribution in [0.5, 0.6) is 0 Å². The summed E-state index contributed by atoms with van der Waals surface area (Å²) in [6.45, 7) is 1.99. The van der Waals surface area contributed by atoms with Crippen molar-refractivity contribution < 1.29 is 4.79 Å². The van der Waals surface area contributed by atoms with Gasteiger partial charge in [-0.3, -0.25) is 10.00 Å². The van der Waals surface area contributed by atoms with Crippen molar-refractivity contribution in [2.24, 2.45) is 7.05 Å². The first-order chi connectivity index (χ1) is 13.1. The van der Waals surface area contributed by atoms with Crippen molar-refractivity contribution in [2.75, 3.05) is 25.5 Å². The van der Waals surface area contributed by atoms with E-state index in [9.17, 15) is 4.79 Å². The fourth-order valence-corrected chi connectivity index (χ4v) is 3.31. The van der Waals surface area contributed by atoms with Gasteiger partial charge in [0, 0.05) is 36.4 Å². The number of piperidine rings is 1. The first-order valence-electron chi connectivity index (χ1n) is 9.09. The standard InChI is InChI=1S/C19H23N7O/c1-25-7-5-16(6-8-25)22-19(27)24-18-20-10-14-4-3-13(9-17(14)23-18)15-11-21-26(2)12-15/h3-4,9-12,16H,5-8H2,1-2H3,(H2,20,22,23,24,27). The van der Waals surface area contributed by atoms with Gasteiger partial charge in [-0.05, 0) is 44.6 Å². The predicted octanol–water partition coefficient (Wildman–Crippen LogP) is 2.25. The second kappa shape index (κ2) is 7.32. The number of nitrogens with one attached hydrogen (secondary N) is 2. The lowest BCUT2D eigenvalue weighted by Crippen LogP contribution is -2.45. The van der Waals surface area contributed by atoms with Crippen LogP contribution in [0.2, 0.25) is 0 Å². The molecule has 140 valence electrons. The van der Waals surface area contributed by atoms with Crippen LogP contribution in [-0.4, -0.2) is 56.9 Å². The SMILES string of the molecule is CN1CCC(NC(=O)Nc2ncc3ccc(-c4cnn(C)c4)cc3n2)CC1. The maximum Gasteiger partial charge on any atom is 0.321 e. The van der Waals surface area contributed by atoms with Gasteiger partial charge in [0.05, 0.1) is 11.7 Å². The highest BCUT2D eigenvalue weighted by molar-refractivity contribution is 5.90. The molecule has 2 aromatic heterocycles. The van der Waals surface area contributed by atoms with E-state index in [1.165, 1.54) is 0 Å². The highest BCUT2D eigenvalue weighted by atomic mass is 16.2. The number of fused-ring (bicyclic) bond motifs is 1. The summed E-state index contributed by atoms with van der Waals surface area (Å²) >= 11 is 0. The molecule has 1 fully saturated rings. The molecule has 2 N–H and O–H groups in total. The Hall–Kier alpha value is -3.00. The first kappa shape index (κ1) is 17.4. The summed E-state index contributed by atoms with van der Waals surface area (Å²) in [5.41, 5.74) is 2.82. The summed E-state index contributed by atoms with van der Waals surface area (Å²) in [7, 11) is 3.98. The average molecular weight is 365 g/mol. The monoisotopic (exact) mass is 365 g/mol. The fourth-order valence-electron chi connectivity index (χ4n) is 3.31. The van der Waals surface area contributed by atoms with Gasteiger partial charge in [-0.15, -0.1) is 0 Å². The van der Waals surface area contributed by atoms with Crippen LogP contribution in [0, 0.1) is 0 Å². The van der Waals surface area contributed by atoms with E-state index in [1.807, 2.05) is 37.6 Å². The van der Waals surface area contributed by atoms with Crippen LogP contribution in [0.3, 0.4) is 0 Å². The average Bonchev–Trinajstić information content (AvgIpc) is 3.09. The molecule has 1 aromatic carbocycles. The van der Waals surface area contributed by atoms with Gasteiger partial charge in [0.25, 0.3) is 0 Å². The second-order valence-electron chi connectivity index (χ2n) is 7.05. The van der Waals surface area contributed by atoms with Gasteiger partial charge in [-0.25, -0.2) is 14.8 Å². The van der Waals surface area contributed by atoms with Crippen LogP contribution in [0.25, 0.3) is 22.0 Å². The molecular formula is C19H23N7O. The molecule has 1 aliphatic heterocycles. The Morgan fingerprint density at radius 3 is 2.70 bits per heavy atom. The number of nitrogens with zero attached hydrogens (tertiary/aromatic N) is 5. The van der Waals surface area contributed by atoms with Crippen LogP contribution < -0.4 is 10.6 Å². The third-order valence-electron chi connectivity index (χ3n) is 4.90. The molecule has 0 spiro atoms. The van der Waals surface area contributed by atoms with Crippen LogP contribution >= 0.6 is 0 Å². The Balaban J connectivity index is 1.48. The normalized spacial score (nSPS) is 15.8. The van der Waals surface area contributed by atoms with Crippen LogP contribution in [0.1, 0.15) is 12.8 Å². The van der Waals surface area contributed by atoms with Crippen molar-refractivity contribution in [1.29, 1.82) is 0 Å². The molecule has 3 heterocycles. The van der Waals surface area contributed by atoms with Crippen molar-refractivity contribution in [3.05, 3.63) is 36.8 Å². The van der Waals surface area contributed by atoms with Gasteiger partial charge in [0.1, 0.15) is 0 Å². The van der Waals surface area contributed by atoms with Gasteiger partial charge in [-0.1, -0.05) is 12.1 Å². The minimum absolute atomic E-state index is 0.193. The van der Waals surface area contributed by atoms with E-state index in [1.54, 1.807) is 10.9 Å². The second-order valence-corrected chi connectivity index (χ2v) is 7.05. The van der Waals surface area contributed by atoms with Crippen molar-refractivity contribution in [3.8, 4) is 11.1 Å². The van der Waals surface area contributed by atoms with E-state index in [-0.39, 0.29) is 12.1 Å². The maximum absolute atomic E-state index is 12.3. The molecular weight excluding hydrogens is 342 g/mol. The topological polar surface area (TPSA) is 88.0 Å². The number of aromatic nitrogens is 4. The van der Waals surface area contributed by atoms with E-state index < -0.39 is 0 Å². The summed E-state index contributed by atoms with van der Waals surface area (Å²) in [6.07, 6.45) is 7.40. The molecule has 8 heteroatoms. The molecule has 0 saturated carbocycles. The summed E-state index contributed by atoms with van der Waals surface area (Å²) in [5, 5.41) is 10.9. The maximum atomic E-state index is 12.3. The molecule has 0 aliphatic carbocycles. The minimum Gasteiger partial charge on any atom is -0.335 e. The largest absolute Gasteiger partial charge is 0.335 e. The number of hydrogen-bond acceptors (Lipinski definition) is 5. The molecule has 1 aliphatic rings. The van der Waals surface area contributed by atoms with Crippen molar-refractivity contribution >= 4 is 22.9 Å². The third-order valence-corrected chi connectivity index (χ3v) is 4.90. The van der Waals surface area contributed by atoms with Gasteiger partial charge in [-0.2, -0.15) is 5.10 Å². The quantitative estimate of drug-likeness (QED) is 0.743. The highest BCUT2D eigenvalue weighted by Gasteiger charge is 2.18. The number of anilines is 1. The number of amides is 2. The highest BCUT2D eigenvalue weighted by Crippen LogP contribution is 2.23. The molecule has 2 amide bonds. The molecule has 27 heavy (non-hydrogen) atoms. The van der Waals surface area contributed by atoms with Crippen LogP contribution in [0.15, 0.2) is 36.8 Å². The summed E-state index contributed by atoms with van der Waals surface area (Å²) in [6, 6.07) is 5.91. The Labute approximate surface area is 157 Å². The number of benzene rings is 1. The Morgan fingerprint density at radius 2 is 1.96 bits per heavy atom. The molecule has 1 saturated heterocycles. The van der Waals surface area contributed by atoms with Gasteiger partial charge < -0.3 is 10.2 Å². The number of hydrogen-bond donors (Lipinski definition) is 2. The number of aryl methyl sites for hydroxylation is 1. The lowest BCUT2D eigenvalue weighted by molar-refractivity contribution is 0.221. The smallest absolute Gasteiger partial charge is 0.321 e. The lowest BCUT2D eigenvalue weighted by Gasteiger charge is -2.29. The molecule has 3 aromatic rings. The molecule has 0 atom stereocenters. The Morgan fingerprint density at radius 1 is 1.15 bits per heavy atom. The van der Waals surface area contributed by atoms with Crippen molar-refractivity contribution in [3.63, 3.8) is 0 Å². The zero-order valence-electron chi connectivity index (χ0n) is 15.5. The zero-order valence-corrected chi connectivity index (χ0v) is 15.5. The van der Waals surface area contributed by atoms with E-state index in [2.05, 4.69) is 37.6 Å². The lowest BCUT2D eigenvalue weighted by atomic mass is 10.1. The summed E-state index contributed by atoms with van der Waals surface area (Å²) in [5.74, 6) is 0.302. The number of carbonyl (C=O) groups is 1. The van der Waals surface area contributed by atoms with Crippen LogP contribution in [0.4, 0.5) is 10.7 Å².